The minimum absolute atomic E-state index is 0.0155. The van der Waals surface area contributed by atoms with Crippen LogP contribution in [-0.4, -0.2) is 23.6 Å². The van der Waals surface area contributed by atoms with Crippen molar-refractivity contribution in [2.45, 2.75) is 6.92 Å². The third-order valence-electron chi connectivity index (χ3n) is 2.04. The number of aliphatic carboxylic acids is 1. The van der Waals surface area contributed by atoms with Gasteiger partial charge >= 0.3 is 5.97 Å². The molecule has 1 aromatic carbocycles. The van der Waals surface area contributed by atoms with Crippen molar-refractivity contribution in [3.63, 3.8) is 0 Å². The average Bonchev–Trinajstić information content (AvgIpc) is 2.25. The Morgan fingerprint density at radius 1 is 1.50 bits per heavy atom. The Hall–Kier alpha value is -2.37. The van der Waals surface area contributed by atoms with Crippen LogP contribution in [0.2, 0.25) is 0 Å². The molecule has 0 unspecified atom stereocenters. The van der Waals surface area contributed by atoms with Crippen LogP contribution >= 0.6 is 0 Å². The van der Waals surface area contributed by atoms with Gasteiger partial charge in [-0.3, -0.25) is 4.79 Å². The Kier molecular flexibility index (Phi) is 4.42. The number of carboxylic acid groups (broad SMARTS) is 1. The van der Waals surface area contributed by atoms with E-state index in [1.165, 1.54) is 12.1 Å². The van der Waals surface area contributed by atoms with Gasteiger partial charge in [0.1, 0.15) is 18.2 Å². The maximum Gasteiger partial charge on any atom is 0.328 e. The highest BCUT2D eigenvalue weighted by molar-refractivity contribution is 5.93. The number of nitrogens with two attached hydrogens (primary N) is 1. The highest BCUT2D eigenvalue weighted by Crippen LogP contribution is 2.16. The van der Waals surface area contributed by atoms with Crippen molar-refractivity contribution in [3.05, 3.63) is 41.2 Å². The SMILES string of the molecule is CC(=CC(=O)O)COc1ccc(C(N)=O)c(F)c1. The van der Waals surface area contributed by atoms with E-state index in [-0.39, 0.29) is 17.9 Å². The molecule has 0 heterocycles. The first-order chi connectivity index (χ1) is 8.40. The van der Waals surface area contributed by atoms with Crippen LogP contribution in [0.15, 0.2) is 29.8 Å². The van der Waals surface area contributed by atoms with Crippen LogP contribution in [0.1, 0.15) is 17.3 Å². The molecular formula is C12H12FNO4. The second-order valence-corrected chi connectivity index (χ2v) is 3.62. The molecule has 0 saturated heterocycles. The number of hydrogen-bond donors (Lipinski definition) is 2. The van der Waals surface area contributed by atoms with Crippen molar-refractivity contribution in [3.8, 4) is 5.75 Å². The molecule has 0 bridgehead atoms. The molecule has 0 spiro atoms. The Labute approximate surface area is 103 Å². The molecule has 0 saturated carbocycles. The van der Waals surface area contributed by atoms with E-state index in [9.17, 15) is 14.0 Å². The third kappa shape index (κ3) is 3.89. The van der Waals surface area contributed by atoms with Gasteiger partial charge in [-0.25, -0.2) is 9.18 Å². The normalized spacial score (nSPS) is 11.1. The monoisotopic (exact) mass is 253 g/mol. The smallest absolute Gasteiger partial charge is 0.328 e. The molecule has 0 aliphatic rings. The standard InChI is InChI=1S/C12H12FNO4/c1-7(4-11(15)16)6-18-8-2-3-9(12(14)17)10(13)5-8/h2-5H,6H2,1H3,(H2,14,17)(H,15,16). The van der Waals surface area contributed by atoms with Crippen molar-refractivity contribution < 1.29 is 23.8 Å². The molecule has 0 fully saturated rings. The van der Waals surface area contributed by atoms with E-state index in [4.69, 9.17) is 15.6 Å². The quantitative estimate of drug-likeness (QED) is 0.775. The van der Waals surface area contributed by atoms with Crippen molar-refractivity contribution >= 4 is 11.9 Å². The molecule has 1 amide bonds. The van der Waals surface area contributed by atoms with Crippen LogP contribution in [0.3, 0.4) is 0 Å². The van der Waals surface area contributed by atoms with Gasteiger partial charge in [-0.05, 0) is 24.6 Å². The molecule has 18 heavy (non-hydrogen) atoms. The minimum atomic E-state index is -1.08. The minimum Gasteiger partial charge on any atom is -0.489 e. The number of carboxylic acids is 1. The summed E-state index contributed by atoms with van der Waals surface area (Å²) in [6.45, 7) is 1.59. The Morgan fingerprint density at radius 2 is 2.17 bits per heavy atom. The largest absolute Gasteiger partial charge is 0.489 e. The first-order valence-electron chi connectivity index (χ1n) is 5.02. The highest BCUT2D eigenvalue weighted by atomic mass is 19.1. The number of carbonyl (C=O) groups excluding carboxylic acids is 1. The summed E-state index contributed by atoms with van der Waals surface area (Å²) in [5.74, 6) is -2.53. The number of rotatable bonds is 5. The summed E-state index contributed by atoms with van der Waals surface area (Å²) >= 11 is 0. The highest BCUT2D eigenvalue weighted by Gasteiger charge is 2.09. The lowest BCUT2D eigenvalue weighted by molar-refractivity contribution is -0.131. The molecule has 5 nitrogen and oxygen atoms in total. The van der Waals surface area contributed by atoms with Gasteiger partial charge in [0.25, 0.3) is 5.91 Å². The Bertz CT molecular complexity index is 511. The van der Waals surface area contributed by atoms with E-state index in [0.29, 0.717) is 5.57 Å². The van der Waals surface area contributed by atoms with E-state index >= 15 is 0 Å². The fourth-order valence-corrected chi connectivity index (χ4v) is 1.24. The third-order valence-corrected chi connectivity index (χ3v) is 2.04. The van der Waals surface area contributed by atoms with Crippen LogP contribution in [-0.2, 0) is 4.79 Å². The number of halogens is 1. The van der Waals surface area contributed by atoms with Crippen molar-refractivity contribution in [2.75, 3.05) is 6.61 Å². The van der Waals surface area contributed by atoms with E-state index in [1.54, 1.807) is 6.92 Å². The van der Waals surface area contributed by atoms with Crippen LogP contribution in [0.4, 0.5) is 4.39 Å². The molecule has 0 aromatic heterocycles. The Morgan fingerprint density at radius 3 is 2.67 bits per heavy atom. The molecule has 96 valence electrons. The molecule has 0 radical (unpaired) electrons. The van der Waals surface area contributed by atoms with Gasteiger partial charge in [0.2, 0.25) is 0 Å². The van der Waals surface area contributed by atoms with Crippen molar-refractivity contribution in [2.24, 2.45) is 5.73 Å². The number of ether oxygens (including phenoxy) is 1. The van der Waals surface area contributed by atoms with Crippen LogP contribution < -0.4 is 10.5 Å². The Balaban J connectivity index is 2.73. The average molecular weight is 253 g/mol. The molecular weight excluding hydrogens is 241 g/mol. The fourth-order valence-electron chi connectivity index (χ4n) is 1.24. The summed E-state index contributed by atoms with van der Waals surface area (Å²) in [5, 5.41) is 8.48. The molecule has 1 rings (SSSR count). The lowest BCUT2D eigenvalue weighted by Gasteiger charge is -2.07. The van der Waals surface area contributed by atoms with Crippen LogP contribution in [0.25, 0.3) is 0 Å². The van der Waals surface area contributed by atoms with Crippen molar-refractivity contribution in [1.82, 2.24) is 0 Å². The predicted molar refractivity (Wildman–Crippen MR) is 61.8 cm³/mol. The lowest BCUT2D eigenvalue weighted by Crippen LogP contribution is -2.13. The molecule has 6 heteroatoms. The topological polar surface area (TPSA) is 89.6 Å². The van der Waals surface area contributed by atoms with Gasteiger partial charge in [-0.15, -0.1) is 0 Å². The molecule has 0 aliphatic heterocycles. The zero-order chi connectivity index (χ0) is 13.7. The summed E-state index contributed by atoms with van der Waals surface area (Å²) in [5.41, 5.74) is 5.20. The summed E-state index contributed by atoms with van der Waals surface area (Å²) < 4.78 is 18.5. The molecule has 1 aromatic rings. The summed E-state index contributed by atoms with van der Waals surface area (Å²) in [4.78, 5) is 21.1. The second-order valence-electron chi connectivity index (χ2n) is 3.62. The van der Waals surface area contributed by atoms with Gasteiger partial charge in [-0.1, -0.05) is 0 Å². The number of amides is 1. The van der Waals surface area contributed by atoms with Gasteiger partial charge < -0.3 is 15.6 Å². The zero-order valence-electron chi connectivity index (χ0n) is 9.64. The molecule has 0 aliphatic carbocycles. The second kappa shape index (κ2) is 5.81. The molecule has 3 N–H and O–H groups in total. The first-order valence-corrected chi connectivity index (χ1v) is 5.02. The van der Waals surface area contributed by atoms with Gasteiger partial charge in [0, 0.05) is 12.1 Å². The summed E-state index contributed by atoms with van der Waals surface area (Å²) in [6, 6.07) is 3.62. The summed E-state index contributed by atoms with van der Waals surface area (Å²) in [7, 11) is 0. The van der Waals surface area contributed by atoms with Gasteiger partial charge in [0.15, 0.2) is 0 Å². The number of benzene rings is 1. The number of hydrogen-bond acceptors (Lipinski definition) is 3. The van der Waals surface area contributed by atoms with E-state index in [0.717, 1.165) is 12.1 Å². The van der Waals surface area contributed by atoms with Crippen molar-refractivity contribution in [1.29, 1.82) is 0 Å². The van der Waals surface area contributed by atoms with Gasteiger partial charge in [0.05, 0.1) is 5.56 Å². The van der Waals surface area contributed by atoms with Gasteiger partial charge in [-0.2, -0.15) is 0 Å². The maximum absolute atomic E-state index is 13.3. The first kappa shape index (κ1) is 13.7. The zero-order valence-corrected chi connectivity index (χ0v) is 9.64. The molecule has 0 atom stereocenters. The van der Waals surface area contributed by atoms with E-state index in [1.807, 2.05) is 0 Å². The summed E-state index contributed by atoms with van der Waals surface area (Å²) in [6.07, 6.45) is 0.994. The fraction of sp³-hybridized carbons (Fsp3) is 0.167. The van der Waals surface area contributed by atoms with Crippen LogP contribution in [0, 0.1) is 5.82 Å². The predicted octanol–water partition coefficient (Wildman–Crippen LogP) is 1.33. The van der Waals surface area contributed by atoms with Crippen LogP contribution in [0.5, 0.6) is 5.75 Å². The lowest BCUT2D eigenvalue weighted by atomic mass is 10.2. The number of carbonyl (C=O) groups is 2. The van der Waals surface area contributed by atoms with E-state index in [2.05, 4.69) is 0 Å². The van der Waals surface area contributed by atoms with E-state index < -0.39 is 17.7 Å². The number of primary amides is 1. The maximum atomic E-state index is 13.3.